The Labute approximate surface area is 252 Å². The molecule has 0 aliphatic rings. The number of nitrogens with zero attached hydrogens (tertiary/aromatic N) is 1. The molecule has 42 heavy (non-hydrogen) atoms. The molecule has 0 radical (unpaired) electrons. The molecule has 0 saturated carbocycles. The first kappa shape index (κ1) is 34.4. The lowest BCUT2D eigenvalue weighted by Crippen LogP contribution is -2.54. The van der Waals surface area contributed by atoms with Gasteiger partial charge in [0.2, 0.25) is 5.91 Å². The number of carbonyl (C=O) groups excluding carboxylic acids is 3. The monoisotopic (exact) mass is 575 g/mol. The van der Waals surface area contributed by atoms with Gasteiger partial charge in [-0.1, -0.05) is 82.7 Å². The fourth-order valence-electron chi connectivity index (χ4n) is 4.82. The van der Waals surface area contributed by atoms with Crippen molar-refractivity contribution in [3.63, 3.8) is 0 Å². The Balaban J connectivity index is 2.58. The highest BCUT2D eigenvalue weighted by Crippen LogP contribution is 2.28. The van der Waals surface area contributed by atoms with Gasteiger partial charge >= 0.3 is 6.09 Å². The van der Waals surface area contributed by atoms with E-state index in [-0.39, 0.29) is 17.7 Å². The van der Waals surface area contributed by atoms with Crippen molar-refractivity contribution in [1.82, 2.24) is 10.2 Å². The quantitative estimate of drug-likeness (QED) is 0.194. The zero-order chi connectivity index (χ0) is 31.4. The molecule has 7 nitrogen and oxygen atoms in total. The van der Waals surface area contributed by atoms with Gasteiger partial charge in [-0.2, -0.15) is 0 Å². The minimum atomic E-state index is -0.948. The van der Waals surface area contributed by atoms with Gasteiger partial charge in [0.05, 0.1) is 0 Å². The summed E-state index contributed by atoms with van der Waals surface area (Å²) in [5, 5.41) is 5.89. The minimum Gasteiger partial charge on any atom is -0.444 e. The average Bonchev–Trinajstić information content (AvgIpc) is 2.91. The van der Waals surface area contributed by atoms with E-state index >= 15 is 0 Å². The molecule has 0 aliphatic carbocycles. The molecule has 2 N–H and O–H groups in total. The van der Waals surface area contributed by atoms with Gasteiger partial charge in [-0.05, 0) is 75.8 Å². The molecule has 0 fully saturated rings. The minimum absolute atomic E-state index is 0.251. The van der Waals surface area contributed by atoms with Crippen LogP contribution in [0.3, 0.4) is 0 Å². The van der Waals surface area contributed by atoms with Crippen molar-refractivity contribution in [3.05, 3.63) is 64.7 Å². The first-order valence-electron chi connectivity index (χ1n) is 15.0. The number of hydrogen-bond acceptors (Lipinski definition) is 4. The maximum Gasteiger partial charge on any atom is 0.408 e. The summed E-state index contributed by atoms with van der Waals surface area (Å²) < 4.78 is 5.48. The fraction of sp³-hybridized carbons (Fsp3) is 0.514. The SMILES string of the molecule is C#Cc1ccc(C(C(=O)Nc2c(C)cccc2C)N(CCCCCCC)C(=O)C(NC(=O)OC(C)(C)C)C(C)C)cc1. The van der Waals surface area contributed by atoms with Crippen LogP contribution in [0.5, 0.6) is 0 Å². The maximum atomic E-state index is 14.4. The number of amides is 3. The number of rotatable bonds is 13. The van der Waals surface area contributed by atoms with Crippen molar-refractivity contribution in [3.8, 4) is 12.3 Å². The maximum absolute atomic E-state index is 14.4. The van der Waals surface area contributed by atoms with Crippen LogP contribution in [0.25, 0.3) is 0 Å². The molecule has 2 unspecified atom stereocenters. The largest absolute Gasteiger partial charge is 0.444 e. The molecule has 7 heteroatoms. The number of para-hydroxylation sites is 1. The number of hydrogen-bond donors (Lipinski definition) is 2. The number of aryl methyl sites for hydroxylation is 2. The Hall–Kier alpha value is -3.79. The third-order valence-corrected chi connectivity index (χ3v) is 7.07. The fourth-order valence-corrected chi connectivity index (χ4v) is 4.82. The van der Waals surface area contributed by atoms with Gasteiger partial charge in [0.15, 0.2) is 0 Å². The highest BCUT2D eigenvalue weighted by atomic mass is 16.6. The van der Waals surface area contributed by atoms with Crippen LogP contribution in [0.4, 0.5) is 10.5 Å². The lowest BCUT2D eigenvalue weighted by Gasteiger charge is -2.36. The third-order valence-electron chi connectivity index (χ3n) is 7.07. The Bertz CT molecular complexity index is 1220. The van der Waals surface area contributed by atoms with E-state index in [1.54, 1.807) is 49.9 Å². The second-order valence-corrected chi connectivity index (χ2v) is 12.2. The second-order valence-electron chi connectivity index (χ2n) is 12.2. The first-order chi connectivity index (χ1) is 19.8. The summed E-state index contributed by atoms with van der Waals surface area (Å²) in [5.41, 5.74) is 3.16. The van der Waals surface area contributed by atoms with Gasteiger partial charge in [0.1, 0.15) is 17.7 Å². The summed E-state index contributed by atoms with van der Waals surface area (Å²) in [7, 11) is 0. The van der Waals surface area contributed by atoms with E-state index in [9.17, 15) is 14.4 Å². The lowest BCUT2D eigenvalue weighted by atomic mass is 9.97. The number of anilines is 1. The van der Waals surface area contributed by atoms with Crippen molar-refractivity contribution in [2.24, 2.45) is 5.92 Å². The molecule has 0 aliphatic heterocycles. The molecular formula is C35H49N3O4. The van der Waals surface area contributed by atoms with E-state index in [1.807, 2.05) is 45.9 Å². The van der Waals surface area contributed by atoms with E-state index in [0.717, 1.165) is 48.9 Å². The number of nitrogens with one attached hydrogen (secondary N) is 2. The number of alkyl carbamates (subject to hydrolysis) is 1. The molecule has 2 atom stereocenters. The topological polar surface area (TPSA) is 87.7 Å². The van der Waals surface area contributed by atoms with Crippen LogP contribution in [0.15, 0.2) is 42.5 Å². The number of ether oxygens (including phenoxy) is 1. The van der Waals surface area contributed by atoms with Gasteiger partial charge in [-0.15, -0.1) is 6.42 Å². The van der Waals surface area contributed by atoms with Crippen molar-refractivity contribution < 1.29 is 19.1 Å². The summed E-state index contributed by atoms with van der Waals surface area (Å²) in [6.45, 7) is 15.4. The Morgan fingerprint density at radius 3 is 2.07 bits per heavy atom. The number of benzene rings is 2. The Kier molecular flexibility index (Phi) is 13.1. The van der Waals surface area contributed by atoms with Gasteiger partial charge in [-0.3, -0.25) is 9.59 Å². The molecule has 2 aromatic carbocycles. The van der Waals surface area contributed by atoms with Crippen molar-refractivity contribution in [2.75, 3.05) is 11.9 Å². The molecule has 0 heterocycles. The number of carbonyl (C=O) groups is 3. The van der Waals surface area contributed by atoms with Crippen LogP contribution in [0, 0.1) is 32.1 Å². The molecular weight excluding hydrogens is 526 g/mol. The van der Waals surface area contributed by atoms with Crippen LogP contribution in [0.2, 0.25) is 0 Å². The van der Waals surface area contributed by atoms with Crippen LogP contribution >= 0.6 is 0 Å². The summed E-state index contributed by atoms with van der Waals surface area (Å²) in [6.07, 6.45) is 9.81. The van der Waals surface area contributed by atoms with E-state index in [2.05, 4.69) is 23.5 Å². The van der Waals surface area contributed by atoms with Gasteiger partial charge in [-0.25, -0.2) is 4.79 Å². The van der Waals surface area contributed by atoms with E-state index in [4.69, 9.17) is 11.2 Å². The van der Waals surface area contributed by atoms with Crippen LogP contribution < -0.4 is 10.6 Å². The number of unbranched alkanes of at least 4 members (excludes halogenated alkanes) is 4. The summed E-state index contributed by atoms with van der Waals surface area (Å²) in [5.74, 6) is 1.69. The smallest absolute Gasteiger partial charge is 0.408 e. The predicted molar refractivity (Wildman–Crippen MR) is 170 cm³/mol. The van der Waals surface area contributed by atoms with Gasteiger partial charge < -0.3 is 20.3 Å². The van der Waals surface area contributed by atoms with E-state index < -0.39 is 23.8 Å². The average molecular weight is 576 g/mol. The van der Waals surface area contributed by atoms with E-state index in [1.165, 1.54) is 0 Å². The molecule has 0 aromatic heterocycles. The molecule has 3 amide bonds. The highest BCUT2D eigenvalue weighted by Gasteiger charge is 2.37. The zero-order valence-electron chi connectivity index (χ0n) is 26.7. The molecule has 2 rings (SSSR count). The van der Waals surface area contributed by atoms with E-state index in [0.29, 0.717) is 17.7 Å². The molecule has 0 bridgehead atoms. The van der Waals surface area contributed by atoms with Crippen LogP contribution in [-0.4, -0.2) is 41.0 Å². The Morgan fingerprint density at radius 1 is 0.952 bits per heavy atom. The lowest BCUT2D eigenvalue weighted by molar-refractivity contribution is -0.141. The molecule has 2 aromatic rings. The standard InChI is InChI=1S/C35H49N3O4/c1-10-12-13-14-15-23-38(33(40)29(24(3)4)37-34(41)42-35(7,8)9)31(28-21-19-27(11-2)20-22-28)32(39)36-30-25(5)17-16-18-26(30)6/h2,16-22,24,29,31H,10,12-15,23H2,1,3-9H3,(H,36,39)(H,37,41). The summed E-state index contributed by atoms with van der Waals surface area (Å²) in [6, 6.07) is 11.1. The van der Waals surface area contributed by atoms with Crippen LogP contribution in [0.1, 0.15) is 102 Å². The van der Waals surface area contributed by atoms with Crippen molar-refractivity contribution >= 4 is 23.6 Å². The third kappa shape index (κ3) is 10.2. The van der Waals surface area contributed by atoms with Gasteiger partial charge in [0.25, 0.3) is 5.91 Å². The molecule has 228 valence electrons. The summed E-state index contributed by atoms with van der Waals surface area (Å²) >= 11 is 0. The predicted octanol–water partition coefficient (Wildman–Crippen LogP) is 7.31. The highest BCUT2D eigenvalue weighted by molar-refractivity contribution is 6.00. The Morgan fingerprint density at radius 2 is 1.55 bits per heavy atom. The number of terminal acetylenes is 1. The van der Waals surface area contributed by atoms with Crippen LogP contribution in [-0.2, 0) is 14.3 Å². The summed E-state index contributed by atoms with van der Waals surface area (Å²) in [4.78, 5) is 43.0. The van der Waals surface area contributed by atoms with Crippen molar-refractivity contribution in [1.29, 1.82) is 0 Å². The first-order valence-corrected chi connectivity index (χ1v) is 15.0. The molecule has 0 spiro atoms. The molecule has 0 saturated heterocycles. The van der Waals surface area contributed by atoms with Crippen molar-refractivity contribution in [2.45, 2.75) is 105 Å². The zero-order valence-corrected chi connectivity index (χ0v) is 26.7. The van der Waals surface area contributed by atoms with Gasteiger partial charge in [0, 0.05) is 17.8 Å². The second kappa shape index (κ2) is 16.0. The normalized spacial score (nSPS) is 12.7.